The van der Waals surface area contributed by atoms with Crippen LogP contribution in [0.2, 0.25) is 0 Å². The average molecular weight is 599 g/mol. The molecule has 0 amide bonds. The summed E-state index contributed by atoms with van der Waals surface area (Å²) < 4.78 is 6.45. The summed E-state index contributed by atoms with van der Waals surface area (Å²) >= 11 is 0. The predicted molar refractivity (Wildman–Crippen MR) is 168 cm³/mol. The first-order chi connectivity index (χ1) is 20.6. The summed E-state index contributed by atoms with van der Waals surface area (Å²) in [4.78, 5) is 6.79. The molecule has 0 spiro atoms. The second-order valence-corrected chi connectivity index (χ2v) is 14.9. The van der Waals surface area contributed by atoms with Crippen molar-refractivity contribution >= 4 is 11.4 Å². The molecule has 8 atom stereocenters. The van der Waals surface area contributed by atoms with E-state index in [1.807, 2.05) is 7.05 Å². The van der Waals surface area contributed by atoms with Crippen LogP contribution in [0, 0.1) is 5.92 Å². The minimum atomic E-state index is -0.962. The van der Waals surface area contributed by atoms with Crippen molar-refractivity contribution in [3.63, 3.8) is 0 Å². The molecule has 2 saturated carbocycles. The van der Waals surface area contributed by atoms with Crippen LogP contribution in [0.1, 0.15) is 71.3 Å². The van der Waals surface area contributed by atoms with Gasteiger partial charge in [0.15, 0.2) is 0 Å². The molecular weight excluding hydrogens is 544 g/mol. The number of fused-ring (bicyclic) bond motifs is 2. The second-order valence-electron chi connectivity index (χ2n) is 14.9. The van der Waals surface area contributed by atoms with Gasteiger partial charge >= 0.3 is 0 Å². The standard InChI is InChI=1S/C32H54N8O3/c1-18(2)39(15-24-27(41)28(42)31(43-24)40-17-34-26-29(33)35-16-38(4)30(26)40)21-12-19(13-21)6-9-25-36-22-8-7-20(14-23(22)37-25)32(3)10-5-11-32/h7-8,14,18-19,21,24-31,34-37,41-42H,5-6,9-13,15-17,33H2,1-4H3/t19?,21?,24-,25?,26?,27-,28-,29?,30?,31-/m1/s1. The number of likely N-dealkylation sites (N-methyl/N-ethyl adjacent to an activating group) is 1. The van der Waals surface area contributed by atoms with Gasteiger partial charge in [-0.15, -0.1) is 0 Å². The predicted octanol–water partition coefficient (Wildman–Crippen LogP) is 1.34. The number of aliphatic hydroxyl groups excluding tert-OH is 2. The van der Waals surface area contributed by atoms with E-state index in [2.05, 4.69) is 74.9 Å². The lowest BCUT2D eigenvalue weighted by Crippen LogP contribution is -2.68. The van der Waals surface area contributed by atoms with Crippen molar-refractivity contribution in [2.24, 2.45) is 11.7 Å². The Morgan fingerprint density at radius 3 is 2.56 bits per heavy atom. The van der Waals surface area contributed by atoms with Crippen LogP contribution < -0.4 is 27.0 Å². The highest BCUT2D eigenvalue weighted by Crippen LogP contribution is 2.46. The quantitative estimate of drug-likeness (QED) is 0.222. The first-order valence-electron chi connectivity index (χ1n) is 16.7. The summed E-state index contributed by atoms with van der Waals surface area (Å²) in [6, 6.07) is 7.81. The van der Waals surface area contributed by atoms with Gasteiger partial charge in [-0.1, -0.05) is 19.4 Å². The molecule has 0 radical (unpaired) electrons. The molecule has 11 heteroatoms. The van der Waals surface area contributed by atoms with Crippen LogP contribution in [0.15, 0.2) is 18.2 Å². The third-order valence-corrected chi connectivity index (χ3v) is 11.7. The van der Waals surface area contributed by atoms with E-state index in [1.165, 1.54) is 55.5 Å². The molecule has 240 valence electrons. The summed E-state index contributed by atoms with van der Waals surface area (Å²) in [5.41, 5.74) is 10.6. The molecule has 5 fully saturated rings. The van der Waals surface area contributed by atoms with Crippen molar-refractivity contribution < 1.29 is 14.9 Å². The van der Waals surface area contributed by atoms with Gasteiger partial charge in [-0.25, -0.2) is 4.90 Å². The van der Waals surface area contributed by atoms with Crippen LogP contribution >= 0.6 is 0 Å². The van der Waals surface area contributed by atoms with Gasteiger partial charge in [-0.05, 0) is 88.4 Å². The number of aliphatic hydroxyl groups is 2. The van der Waals surface area contributed by atoms with E-state index in [0.29, 0.717) is 49.5 Å². The highest BCUT2D eigenvalue weighted by atomic mass is 16.6. The zero-order chi connectivity index (χ0) is 30.0. The molecule has 2 aliphatic carbocycles. The van der Waals surface area contributed by atoms with Crippen molar-refractivity contribution in [1.29, 1.82) is 0 Å². The molecule has 0 aromatic heterocycles. The van der Waals surface area contributed by atoms with E-state index in [9.17, 15) is 10.2 Å². The van der Waals surface area contributed by atoms with Crippen LogP contribution in [-0.2, 0) is 10.2 Å². The summed E-state index contributed by atoms with van der Waals surface area (Å²) in [5.74, 6) is 0.711. The SMILES string of the molecule is CC(C)N(C[C@H]1O[C@@H](N2CNC3C(N)NCN(C)C32)[C@H](O)[C@@H]1O)C1CC(CCC2Nc3ccc(C4(C)CCC4)cc3N2)C1. The second kappa shape index (κ2) is 11.7. The number of rotatable bonds is 9. The fourth-order valence-electron chi connectivity index (χ4n) is 8.64. The maximum atomic E-state index is 11.1. The molecule has 4 unspecified atom stereocenters. The molecule has 43 heavy (non-hydrogen) atoms. The number of ether oxygens (including phenoxy) is 1. The zero-order valence-electron chi connectivity index (χ0n) is 26.4. The van der Waals surface area contributed by atoms with E-state index < -0.39 is 24.5 Å². The van der Waals surface area contributed by atoms with Crippen LogP contribution in [-0.4, -0.2) is 113 Å². The van der Waals surface area contributed by atoms with Crippen molar-refractivity contribution in [2.45, 2.75) is 132 Å². The first-order valence-corrected chi connectivity index (χ1v) is 16.7. The lowest BCUT2D eigenvalue weighted by molar-refractivity contribution is -0.130. The van der Waals surface area contributed by atoms with Gasteiger partial charge in [0.1, 0.15) is 24.5 Å². The van der Waals surface area contributed by atoms with Gasteiger partial charge in [0.25, 0.3) is 0 Å². The molecule has 7 rings (SSSR count). The number of nitrogens with two attached hydrogens (primary N) is 1. The van der Waals surface area contributed by atoms with E-state index in [1.54, 1.807) is 0 Å². The van der Waals surface area contributed by atoms with Crippen molar-refractivity contribution in [2.75, 3.05) is 37.6 Å². The maximum absolute atomic E-state index is 11.1. The largest absolute Gasteiger partial charge is 0.387 e. The Morgan fingerprint density at radius 2 is 1.84 bits per heavy atom. The Balaban J connectivity index is 0.898. The van der Waals surface area contributed by atoms with Gasteiger partial charge in [0.05, 0.1) is 49.3 Å². The highest BCUT2D eigenvalue weighted by molar-refractivity contribution is 5.75. The smallest absolute Gasteiger partial charge is 0.142 e. The number of hydrogen-bond donors (Lipinski definition) is 7. The third kappa shape index (κ3) is 5.48. The van der Waals surface area contributed by atoms with Crippen LogP contribution in [0.5, 0.6) is 0 Å². The maximum Gasteiger partial charge on any atom is 0.142 e. The van der Waals surface area contributed by atoms with E-state index in [-0.39, 0.29) is 18.4 Å². The number of nitrogens with zero attached hydrogens (tertiary/aromatic N) is 3. The fourth-order valence-corrected chi connectivity index (χ4v) is 8.64. The molecule has 3 saturated heterocycles. The Morgan fingerprint density at radius 1 is 1.07 bits per heavy atom. The minimum Gasteiger partial charge on any atom is -0.387 e. The van der Waals surface area contributed by atoms with Crippen molar-refractivity contribution in [3.8, 4) is 0 Å². The fraction of sp³-hybridized carbons (Fsp3) is 0.812. The molecule has 11 nitrogen and oxygen atoms in total. The number of nitrogens with one attached hydrogen (secondary N) is 4. The molecule has 8 N–H and O–H groups in total. The summed E-state index contributed by atoms with van der Waals surface area (Å²) in [7, 11) is 2.04. The number of hydrogen-bond acceptors (Lipinski definition) is 11. The summed E-state index contributed by atoms with van der Waals surface area (Å²) in [6.07, 6.45) is 5.84. The van der Waals surface area contributed by atoms with Crippen LogP contribution in [0.4, 0.5) is 11.4 Å². The molecule has 4 aliphatic heterocycles. The van der Waals surface area contributed by atoms with E-state index in [0.717, 1.165) is 6.42 Å². The normalized spacial score (nSPS) is 40.6. The Hall–Kier alpha value is -1.54. The summed E-state index contributed by atoms with van der Waals surface area (Å²) in [5, 5.41) is 36.4. The van der Waals surface area contributed by atoms with E-state index >= 15 is 0 Å². The molecule has 4 heterocycles. The van der Waals surface area contributed by atoms with Gasteiger partial charge in [0, 0.05) is 18.6 Å². The van der Waals surface area contributed by atoms with Gasteiger partial charge < -0.3 is 31.3 Å². The summed E-state index contributed by atoms with van der Waals surface area (Å²) in [6.45, 7) is 8.70. The van der Waals surface area contributed by atoms with Crippen LogP contribution in [0.25, 0.3) is 0 Å². The lowest BCUT2D eigenvalue weighted by Gasteiger charge is -2.46. The number of benzene rings is 1. The molecule has 1 aromatic rings. The Bertz CT molecular complexity index is 1150. The molecular formula is C32H54N8O3. The van der Waals surface area contributed by atoms with Crippen molar-refractivity contribution in [1.82, 2.24) is 25.3 Å². The molecule has 6 aliphatic rings. The van der Waals surface area contributed by atoms with Gasteiger partial charge in [-0.2, -0.15) is 0 Å². The first kappa shape index (κ1) is 30.1. The lowest BCUT2D eigenvalue weighted by atomic mass is 9.66. The third-order valence-electron chi connectivity index (χ3n) is 11.7. The zero-order valence-corrected chi connectivity index (χ0v) is 26.4. The topological polar surface area (TPSA) is 134 Å². The Kier molecular flexibility index (Phi) is 8.18. The van der Waals surface area contributed by atoms with Gasteiger partial charge in [0.2, 0.25) is 0 Å². The number of anilines is 2. The molecule has 0 bridgehead atoms. The van der Waals surface area contributed by atoms with E-state index in [4.69, 9.17) is 10.5 Å². The monoisotopic (exact) mass is 598 g/mol. The van der Waals surface area contributed by atoms with Crippen molar-refractivity contribution in [3.05, 3.63) is 23.8 Å². The molecule has 1 aromatic carbocycles. The van der Waals surface area contributed by atoms with Gasteiger partial charge in [-0.3, -0.25) is 20.4 Å². The van der Waals surface area contributed by atoms with Crippen LogP contribution in [0.3, 0.4) is 0 Å². The average Bonchev–Trinajstić information content (AvgIpc) is 3.64. The highest BCUT2D eigenvalue weighted by Gasteiger charge is 2.53. The minimum absolute atomic E-state index is 0.000151. The Labute approximate surface area is 256 Å².